The molecule has 0 aliphatic carbocycles. The second kappa shape index (κ2) is 7.58. The van der Waals surface area contributed by atoms with Gasteiger partial charge in [-0.05, 0) is 36.8 Å². The van der Waals surface area contributed by atoms with Crippen molar-refractivity contribution < 1.29 is 9.59 Å². The van der Waals surface area contributed by atoms with Gasteiger partial charge in [-0.1, -0.05) is 60.2 Å². The molecule has 1 N–H and O–H groups in total. The molecule has 0 fully saturated rings. The largest absolute Gasteiger partial charge is 0.321 e. The Labute approximate surface area is 147 Å². The molecule has 0 saturated carbocycles. The summed E-state index contributed by atoms with van der Waals surface area (Å²) in [6, 6.07) is 24.0. The number of rotatable bonds is 5. The maximum Gasteiger partial charge on any atom is 0.255 e. The molecule has 0 bridgehead atoms. The Kier molecular flexibility index (Phi) is 5.05. The number of amides is 1. The number of Topliss-reactive ketones (excluding diaryl/α,β-unsaturated/α-hetero) is 1. The Morgan fingerprint density at radius 2 is 1.44 bits per heavy atom. The quantitative estimate of drug-likeness (QED) is 0.691. The van der Waals surface area contributed by atoms with Gasteiger partial charge in [-0.3, -0.25) is 9.59 Å². The van der Waals surface area contributed by atoms with Crippen molar-refractivity contribution in [2.75, 3.05) is 5.32 Å². The van der Waals surface area contributed by atoms with E-state index in [0.29, 0.717) is 23.2 Å². The van der Waals surface area contributed by atoms with E-state index in [-0.39, 0.29) is 11.7 Å². The Hall–Kier alpha value is -3.20. The lowest BCUT2D eigenvalue weighted by Crippen LogP contribution is -2.15. The molecule has 0 unspecified atom stereocenters. The minimum Gasteiger partial charge on any atom is -0.321 e. The highest BCUT2D eigenvalue weighted by molar-refractivity contribution is 6.09. The van der Waals surface area contributed by atoms with E-state index in [1.807, 2.05) is 55.5 Å². The summed E-state index contributed by atoms with van der Waals surface area (Å²) in [5.41, 5.74) is 3.67. The summed E-state index contributed by atoms with van der Waals surface area (Å²) in [6.45, 7) is 1.97. The van der Waals surface area contributed by atoms with Crippen molar-refractivity contribution in [3.63, 3.8) is 0 Å². The lowest BCUT2D eigenvalue weighted by molar-refractivity contribution is 0.0994. The smallest absolute Gasteiger partial charge is 0.255 e. The molecular formula is C22H19NO2. The summed E-state index contributed by atoms with van der Waals surface area (Å²) in [6.07, 6.45) is 0.304. The standard InChI is InChI=1S/C22H19NO2/c1-16-11-13-18(14-12-16)22(25)23-20-10-6-5-9-19(20)21(24)15-17-7-3-2-4-8-17/h2-14H,15H2,1H3,(H,23,25). The third-order valence-corrected chi connectivity index (χ3v) is 4.00. The molecule has 3 aromatic rings. The lowest BCUT2D eigenvalue weighted by Gasteiger charge is -2.11. The molecule has 0 aliphatic heterocycles. The number of anilines is 1. The number of carbonyl (C=O) groups excluding carboxylic acids is 2. The summed E-state index contributed by atoms with van der Waals surface area (Å²) >= 11 is 0. The maximum absolute atomic E-state index is 12.6. The van der Waals surface area contributed by atoms with Crippen LogP contribution < -0.4 is 5.32 Å². The van der Waals surface area contributed by atoms with Gasteiger partial charge < -0.3 is 5.32 Å². The Balaban J connectivity index is 1.79. The number of nitrogens with one attached hydrogen (secondary N) is 1. The third-order valence-electron chi connectivity index (χ3n) is 4.00. The topological polar surface area (TPSA) is 46.2 Å². The molecule has 3 nitrogen and oxygen atoms in total. The number of carbonyl (C=O) groups is 2. The van der Waals surface area contributed by atoms with Crippen LogP contribution in [0.3, 0.4) is 0 Å². The maximum atomic E-state index is 12.6. The fraction of sp³-hybridized carbons (Fsp3) is 0.0909. The summed E-state index contributed by atoms with van der Waals surface area (Å²) in [5.74, 6) is -0.244. The van der Waals surface area contributed by atoms with Crippen LogP contribution in [-0.4, -0.2) is 11.7 Å². The molecule has 0 aliphatic rings. The summed E-state index contributed by atoms with van der Waals surface area (Å²) in [5, 5.41) is 2.85. The first-order chi connectivity index (χ1) is 12.1. The molecule has 3 heteroatoms. The first-order valence-corrected chi connectivity index (χ1v) is 8.17. The molecule has 0 atom stereocenters. The van der Waals surface area contributed by atoms with Crippen LogP contribution in [0.1, 0.15) is 31.8 Å². The summed E-state index contributed by atoms with van der Waals surface area (Å²) < 4.78 is 0. The van der Waals surface area contributed by atoms with E-state index < -0.39 is 0 Å². The van der Waals surface area contributed by atoms with E-state index in [4.69, 9.17) is 0 Å². The van der Waals surface area contributed by atoms with Crippen LogP contribution in [0.15, 0.2) is 78.9 Å². The highest BCUT2D eigenvalue weighted by Crippen LogP contribution is 2.19. The number of benzene rings is 3. The van der Waals surface area contributed by atoms with Gasteiger partial charge in [-0.15, -0.1) is 0 Å². The molecule has 3 rings (SSSR count). The van der Waals surface area contributed by atoms with Gasteiger partial charge in [0, 0.05) is 17.5 Å². The number of aryl methyl sites for hydroxylation is 1. The highest BCUT2D eigenvalue weighted by atomic mass is 16.1. The number of hydrogen-bond acceptors (Lipinski definition) is 2. The van der Waals surface area contributed by atoms with Crippen LogP contribution in [0, 0.1) is 6.92 Å². The fourth-order valence-corrected chi connectivity index (χ4v) is 2.61. The van der Waals surface area contributed by atoms with Gasteiger partial charge in [-0.2, -0.15) is 0 Å². The Morgan fingerprint density at radius 1 is 0.800 bits per heavy atom. The molecule has 1 amide bonds. The Morgan fingerprint density at radius 3 is 2.16 bits per heavy atom. The van der Waals surface area contributed by atoms with Crippen LogP contribution in [0.2, 0.25) is 0 Å². The number of para-hydroxylation sites is 1. The molecule has 3 aromatic carbocycles. The van der Waals surface area contributed by atoms with Gasteiger partial charge in [0.25, 0.3) is 5.91 Å². The summed E-state index contributed by atoms with van der Waals surface area (Å²) in [4.78, 5) is 25.1. The van der Waals surface area contributed by atoms with Crippen molar-refractivity contribution in [3.05, 3.63) is 101 Å². The van der Waals surface area contributed by atoms with Crippen molar-refractivity contribution in [2.24, 2.45) is 0 Å². The molecule has 124 valence electrons. The minimum atomic E-state index is -0.222. The predicted octanol–water partition coefficient (Wildman–Crippen LogP) is 4.67. The molecule has 0 saturated heterocycles. The normalized spacial score (nSPS) is 10.3. The zero-order chi connectivity index (χ0) is 17.6. The number of hydrogen-bond donors (Lipinski definition) is 1. The first kappa shape index (κ1) is 16.7. The molecule has 0 radical (unpaired) electrons. The molecule has 0 aromatic heterocycles. The molecule has 25 heavy (non-hydrogen) atoms. The second-order valence-electron chi connectivity index (χ2n) is 5.95. The van der Waals surface area contributed by atoms with Gasteiger partial charge in [0.15, 0.2) is 5.78 Å². The van der Waals surface area contributed by atoms with E-state index in [2.05, 4.69) is 5.32 Å². The molecule has 0 heterocycles. The van der Waals surface area contributed by atoms with Crippen LogP contribution in [-0.2, 0) is 6.42 Å². The van der Waals surface area contributed by atoms with E-state index in [1.165, 1.54) is 0 Å². The highest BCUT2D eigenvalue weighted by Gasteiger charge is 2.14. The van der Waals surface area contributed by atoms with E-state index in [9.17, 15) is 9.59 Å². The van der Waals surface area contributed by atoms with E-state index in [1.54, 1.807) is 30.3 Å². The SMILES string of the molecule is Cc1ccc(C(=O)Nc2ccccc2C(=O)Cc2ccccc2)cc1. The van der Waals surface area contributed by atoms with Gasteiger partial charge in [-0.25, -0.2) is 0 Å². The first-order valence-electron chi connectivity index (χ1n) is 8.17. The summed E-state index contributed by atoms with van der Waals surface area (Å²) in [7, 11) is 0. The average Bonchev–Trinajstić information content (AvgIpc) is 2.63. The van der Waals surface area contributed by atoms with Gasteiger partial charge in [0.05, 0.1) is 5.69 Å². The van der Waals surface area contributed by atoms with Crippen molar-refractivity contribution in [1.82, 2.24) is 0 Å². The average molecular weight is 329 g/mol. The zero-order valence-corrected chi connectivity index (χ0v) is 14.0. The van der Waals surface area contributed by atoms with Crippen molar-refractivity contribution >= 4 is 17.4 Å². The number of ketones is 1. The lowest BCUT2D eigenvalue weighted by atomic mass is 10.0. The van der Waals surface area contributed by atoms with Gasteiger partial charge >= 0.3 is 0 Å². The van der Waals surface area contributed by atoms with Gasteiger partial charge in [0.2, 0.25) is 0 Å². The monoisotopic (exact) mass is 329 g/mol. The van der Waals surface area contributed by atoms with Crippen LogP contribution in [0.25, 0.3) is 0 Å². The molecular weight excluding hydrogens is 310 g/mol. The van der Waals surface area contributed by atoms with E-state index in [0.717, 1.165) is 11.1 Å². The van der Waals surface area contributed by atoms with Crippen molar-refractivity contribution in [3.8, 4) is 0 Å². The van der Waals surface area contributed by atoms with Crippen molar-refractivity contribution in [1.29, 1.82) is 0 Å². The van der Waals surface area contributed by atoms with Crippen LogP contribution in [0.4, 0.5) is 5.69 Å². The predicted molar refractivity (Wildman–Crippen MR) is 100 cm³/mol. The molecule has 0 spiro atoms. The third kappa shape index (κ3) is 4.21. The Bertz CT molecular complexity index is 883. The van der Waals surface area contributed by atoms with E-state index >= 15 is 0 Å². The van der Waals surface area contributed by atoms with Crippen LogP contribution in [0.5, 0.6) is 0 Å². The zero-order valence-electron chi connectivity index (χ0n) is 14.0. The van der Waals surface area contributed by atoms with Crippen LogP contribution >= 0.6 is 0 Å². The van der Waals surface area contributed by atoms with Gasteiger partial charge in [0.1, 0.15) is 0 Å². The van der Waals surface area contributed by atoms with Crippen molar-refractivity contribution in [2.45, 2.75) is 13.3 Å². The second-order valence-corrected chi connectivity index (χ2v) is 5.95. The fourth-order valence-electron chi connectivity index (χ4n) is 2.61. The minimum absolute atomic E-state index is 0.0222.